The molecule has 1 aliphatic heterocycles. The van der Waals surface area contributed by atoms with E-state index in [4.69, 9.17) is 11.6 Å². The van der Waals surface area contributed by atoms with E-state index in [9.17, 15) is 9.18 Å². The molecule has 1 atom stereocenters. The van der Waals surface area contributed by atoms with Crippen LogP contribution in [-0.4, -0.2) is 29.9 Å². The highest BCUT2D eigenvalue weighted by Crippen LogP contribution is 2.21. The Labute approximate surface area is 140 Å². The van der Waals surface area contributed by atoms with Crippen LogP contribution in [0.25, 0.3) is 0 Å². The fourth-order valence-electron chi connectivity index (χ4n) is 2.88. The normalized spacial score (nSPS) is 17.8. The molecule has 0 aromatic heterocycles. The minimum atomic E-state index is -0.530. The smallest absolute Gasteiger partial charge is 0.256 e. The standard InChI is InChI=1S/C18H18ClFN2O/c19-13-8-9-17(20)16(11-13)18(23)22-10-4-7-15(12-22)21-14-5-2-1-3-6-14/h1-3,5-6,8-9,11,15,21H,4,7,10,12H2/t15-/m0/s1. The summed E-state index contributed by atoms with van der Waals surface area (Å²) < 4.78 is 13.9. The van der Waals surface area contributed by atoms with E-state index in [-0.39, 0.29) is 17.5 Å². The van der Waals surface area contributed by atoms with Gasteiger partial charge in [-0.15, -0.1) is 0 Å². The van der Waals surface area contributed by atoms with E-state index >= 15 is 0 Å². The van der Waals surface area contributed by atoms with Gasteiger partial charge in [-0.2, -0.15) is 0 Å². The Balaban J connectivity index is 1.70. The molecule has 1 aliphatic rings. The number of nitrogens with one attached hydrogen (secondary N) is 1. The van der Waals surface area contributed by atoms with Gasteiger partial charge < -0.3 is 10.2 Å². The van der Waals surface area contributed by atoms with Crippen LogP contribution in [0.3, 0.4) is 0 Å². The molecule has 5 heteroatoms. The maximum atomic E-state index is 13.9. The third-order valence-corrected chi connectivity index (χ3v) is 4.25. The molecule has 2 aromatic rings. The predicted octanol–water partition coefficient (Wildman–Crippen LogP) is 4.20. The quantitative estimate of drug-likeness (QED) is 0.913. The third-order valence-electron chi connectivity index (χ3n) is 4.01. The average Bonchev–Trinajstić information content (AvgIpc) is 2.57. The van der Waals surface area contributed by atoms with Crippen LogP contribution in [0.5, 0.6) is 0 Å². The monoisotopic (exact) mass is 332 g/mol. The summed E-state index contributed by atoms with van der Waals surface area (Å²) >= 11 is 5.89. The number of halogens is 2. The van der Waals surface area contributed by atoms with Crippen molar-refractivity contribution >= 4 is 23.2 Å². The molecule has 2 aromatic carbocycles. The van der Waals surface area contributed by atoms with Crippen LogP contribution in [0.4, 0.5) is 10.1 Å². The number of likely N-dealkylation sites (tertiary alicyclic amines) is 1. The molecule has 0 unspecified atom stereocenters. The number of amides is 1. The van der Waals surface area contributed by atoms with Gasteiger partial charge in [-0.1, -0.05) is 29.8 Å². The summed E-state index contributed by atoms with van der Waals surface area (Å²) in [4.78, 5) is 14.3. The molecule has 1 fully saturated rings. The summed E-state index contributed by atoms with van der Waals surface area (Å²) in [5.74, 6) is -0.831. The van der Waals surface area contributed by atoms with Crippen molar-refractivity contribution in [3.05, 3.63) is 64.9 Å². The third kappa shape index (κ3) is 3.82. The van der Waals surface area contributed by atoms with Crippen molar-refractivity contribution in [2.45, 2.75) is 18.9 Å². The summed E-state index contributed by atoms with van der Waals surface area (Å²) in [7, 11) is 0. The van der Waals surface area contributed by atoms with Crippen LogP contribution in [0, 0.1) is 5.82 Å². The number of hydrogen-bond acceptors (Lipinski definition) is 2. The second-order valence-electron chi connectivity index (χ2n) is 5.72. The Kier molecular flexibility index (Phi) is 4.82. The van der Waals surface area contributed by atoms with E-state index in [2.05, 4.69) is 5.32 Å². The lowest BCUT2D eigenvalue weighted by molar-refractivity contribution is 0.0710. The van der Waals surface area contributed by atoms with Crippen LogP contribution >= 0.6 is 11.6 Å². The number of anilines is 1. The molecule has 3 rings (SSSR count). The van der Waals surface area contributed by atoms with E-state index in [0.29, 0.717) is 18.1 Å². The van der Waals surface area contributed by atoms with E-state index in [1.54, 1.807) is 4.90 Å². The van der Waals surface area contributed by atoms with Gasteiger partial charge in [0.15, 0.2) is 0 Å². The van der Waals surface area contributed by atoms with E-state index in [1.807, 2.05) is 30.3 Å². The summed E-state index contributed by atoms with van der Waals surface area (Å²) in [5.41, 5.74) is 1.07. The van der Waals surface area contributed by atoms with Gasteiger partial charge in [0.25, 0.3) is 5.91 Å². The first-order valence-electron chi connectivity index (χ1n) is 7.69. The second-order valence-corrected chi connectivity index (χ2v) is 6.16. The number of rotatable bonds is 3. The van der Waals surface area contributed by atoms with Gasteiger partial charge in [-0.05, 0) is 43.2 Å². The molecule has 1 heterocycles. The Morgan fingerprint density at radius 1 is 1.22 bits per heavy atom. The molecule has 0 aliphatic carbocycles. The molecule has 0 saturated carbocycles. The van der Waals surface area contributed by atoms with Crippen molar-refractivity contribution in [1.82, 2.24) is 4.90 Å². The highest BCUT2D eigenvalue weighted by atomic mass is 35.5. The molecule has 0 bridgehead atoms. The fraction of sp³-hybridized carbons (Fsp3) is 0.278. The first-order chi connectivity index (χ1) is 11.1. The Hall–Kier alpha value is -2.07. The first kappa shape index (κ1) is 15.8. The van der Waals surface area contributed by atoms with Crippen molar-refractivity contribution in [2.75, 3.05) is 18.4 Å². The summed E-state index contributed by atoms with van der Waals surface area (Å²) in [5, 5.41) is 3.80. The van der Waals surface area contributed by atoms with Crippen molar-refractivity contribution in [3.63, 3.8) is 0 Å². The molecule has 120 valence electrons. The molecule has 0 spiro atoms. The number of carbonyl (C=O) groups excluding carboxylic acids is 1. The van der Waals surface area contributed by atoms with Gasteiger partial charge in [0.1, 0.15) is 5.82 Å². The van der Waals surface area contributed by atoms with Gasteiger partial charge in [0.2, 0.25) is 0 Å². The molecular formula is C18H18ClFN2O. The largest absolute Gasteiger partial charge is 0.381 e. The molecule has 1 saturated heterocycles. The highest BCUT2D eigenvalue weighted by molar-refractivity contribution is 6.31. The van der Waals surface area contributed by atoms with Crippen LogP contribution in [0.2, 0.25) is 5.02 Å². The molecule has 0 radical (unpaired) electrons. The van der Waals surface area contributed by atoms with Crippen molar-refractivity contribution in [3.8, 4) is 0 Å². The maximum absolute atomic E-state index is 13.9. The molecular weight excluding hydrogens is 315 g/mol. The summed E-state index contributed by atoms with van der Waals surface area (Å²) in [6.45, 7) is 1.19. The van der Waals surface area contributed by atoms with Crippen LogP contribution in [-0.2, 0) is 0 Å². The molecule has 3 nitrogen and oxygen atoms in total. The number of benzene rings is 2. The zero-order valence-electron chi connectivity index (χ0n) is 12.6. The fourth-order valence-corrected chi connectivity index (χ4v) is 3.05. The predicted molar refractivity (Wildman–Crippen MR) is 90.4 cm³/mol. The van der Waals surface area contributed by atoms with Crippen LogP contribution in [0.15, 0.2) is 48.5 Å². The maximum Gasteiger partial charge on any atom is 0.256 e. The SMILES string of the molecule is O=C(c1cc(Cl)ccc1F)N1CCC[C@H](Nc2ccccc2)C1. The van der Waals surface area contributed by atoms with E-state index in [1.165, 1.54) is 18.2 Å². The minimum absolute atomic E-state index is 0.0397. The van der Waals surface area contributed by atoms with E-state index in [0.717, 1.165) is 18.5 Å². The zero-order valence-corrected chi connectivity index (χ0v) is 13.4. The number of piperidine rings is 1. The van der Waals surface area contributed by atoms with Gasteiger partial charge in [0, 0.05) is 29.8 Å². The Bertz CT molecular complexity index is 693. The van der Waals surface area contributed by atoms with Gasteiger partial charge >= 0.3 is 0 Å². The lowest BCUT2D eigenvalue weighted by Gasteiger charge is -2.34. The molecule has 1 N–H and O–H groups in total. The van der Waals surface area contributed by atoms with Gasteiger partial charge in [-0.3, -0.25) is 4.79 Å². The number of hydrogen-bond donors (Lipinski definition) is 1. The summed E-state index contributed by atoms with van der Waals surface area (Å²) in [6.07, 6.45) is 1.87. The highest BCUT2D eigenvalue weighted by Gasteiger charge is 2.26. The molecule has 1 amide bonds. The number of nitrogens with zero attached hydrogens (tertiary/aromatic N) is 1. The van der Waals surface area contributed by atoms with Gasteiger partial charge in [0.05, 0.1) is 5.56 Å². The lowest BCUT2D eigenvalue weighted by atomic mass is 10.0. The van der Waals surface area contributed by atoms with Crippen LogP contribution < -0.4 is 5.32 Å². The number of para-hydroxylation sites is 1. The van der Waals surface area contributed by atoms with E-state index < -0.39 is 5.82 Å². The van der Waals surface area contributed by atoms with Crippen molar-refractivity contribution in [1.29, 1.82) is 0 Å². The Morgan fingerprint density at radius 2 is 2.00 bits per heavy atom. The minimum Gasteiger partial charge on any atom is -0.381 e. The van der Waals surface area contributed by atoms with Gasteiger partial charge in [-0.25, -0.2) is 4.39 Å². The second kappa shape index (κ2) is 7.01. The lowest BCUT2D eigenvalue weighted by Crippen LogP contribution is -2.45. The van der Waals surface area contributed by atoms with Crippen molar-refractivity contribution in [2.24, 2.45) is 0 Å². The van der Waals surface area contributed by atoms with Crippen LogP contribution in [0.1, 0.15) is 23.2 Å². The first-order valence-corrected chi connectivity index (χ1v) is 8.07. The number of carbonyl (C=O) groups is 1. The zero-order chi connectivity index (χ0) is 16.2. The average molecular weight is 333 g/mol. The van der Waals surface area contributed by atoms with Crippen molar-refractivity contribution < 1.29 is 9.18 Å². The summed E-state index contributed by atoms with van der Waals surface area (Å²) in [6, 6.07) is 14.1. The Morgan fingerprint density at radius 3 is 2.78 bits per heavy atom. The molecule has 23 heavy (non-hydrogen) atoms. The topological polar surface area (TPSA) is 32.3 Å².